The van der Waals surface area contributed by atoms with Gasteiger partial charge in [-0.05, 0) is 42.7 Å². The number of nitrogens with zero attached hydrogens (tertiary/aromatic N) is 5. The average Bonchev–Trinajstić information content (AvgIpc) is 3.46. The van der Waals surface area contributed by atoms with E-state index < -0.39 is 0 Å². The van der Waals surface area contributed by atoms with E-state index in [4.69, 9.17) is 4.99 Å². The Bertz CT molecular complexity index is 1120. The van der Waals surface area contributed by atoms with Crippen LogP contribution in [-0.4, -0.2) is 38.4 Å². The maximum atomic E-state index is 4.80. The highest BCUT2D eigenvalue weighted by Gasteiger charge is 2.05. The highest BCUT2D eigenvalue weighted by molar-refractivity contribution is 14.0. The lowest BCUT2D eigenvalue weighted by molar-refractivity contribution is 0.637. The first kappa shape index (κ1) is 23.8. The first-order chi connectivity index (χ1) is 15.3. The smallest absolute Gasteiger partial charge is 0.191 e. The van der Waals surface area contributed by atoms with Crippen molar-refractivity contribution < 1.29 is 0 Å². The summed E-state index contributed by atoms with van der Waals surface area (Å²) >= 11 is 0. The molecule has 168 valence electrons. The molecule has 0 aliphatic carbocycles. The molecule has 2 heterocycles. The monoisotopic (exact) mass is 543 g/mol. The predicted molar refractivity (Wildman–Crippen MR) is 140 cm³/mol. The molecule has 0 aliphatic rings. The van der Waals surface area contributed by atoms with Crippen molar-refractivity contribution in [2.75, 3.05) is 13.1 Å². The summed E-state index contributed by atoms with van der Waals surface area (Å²) in [4.78, 5) is 9.26. The van der Waals surface area contributed by atoms with Crippen LogP contribution in [0, 0.1) is 0 Å². The number of aromatic nitrogens is 4. The standard InChI is InChI=1S/C24H29N7.HI/c1-2-25-24(26-13-7-15-30-19-28-22-11-5-6-12-23(22)30)27-17-20-9-3-4-10-21(20)18-31-16-8-14-29-31;/h3-6,8-12,14,16,19H,2,7,13,15,17-18H2,1H3,(H2,25,26,27);1H. The largest absolute Gasteiger partial charge is 0.357 e. The molecule has 4 rings (SSSR count). The molecule has 0 spiro atoms. The van der Waals surface area contributed by atoms with E-state index in [1.54, 1.807) is 6.20 Å². The fourth-order valence-electron chi connectivity index (χ4n) is 3.59. The summed E-state index contributed by atoms with van der Waals surface area (Å²) in [5.74, 6) is 0.840. The Hall–Kier alpha value is -2.88. The zero-order chi connectivity index (χ0) is 21.3. The summed E-state index contributed by atoms with van der Waals surface area (Å²) < 4.78 is 4.14. The summed E-state index contributed by atoms with van der Waals surface area (Å²) in [6.45, 7) is 6.04. The van der Waals surface area contributed by atoms with Gasteiger partial charge in [-0.3, -0.25) is 4.68 Å². The van der Waals surface area contributed by atoms with Gasteiger partial charge < -0.3 is 15.2 Å². The number of nitrogens with one attached hydrogen (secondary N) is 2. The second-order valence-corrected chi connectivity index (χ2v) is 7.37. The number of benzene rings is 2. The van der Waals surface area contributed by atoms with Crippen LogP contribution in [0.4, 0.5) is 0 Å². The number of aryl methyl sites for hydroxylation is 1. The summed E-state index contributed by atoms with van der Waals surface area (Å²) in [5.41, 5.74) is 4.66. The summed E-state index contributed by atoms with van der Waals surface area (Å²) in [5, 5.41) is 11.1. The van der Waals surface area contributed by atoms with Crippen molar-refractivity contribution in [3.8, 4) is 0 Å². The van der Waals surface area contributed by atoms with Crippen molar-refractivity contribution in [1.82, 2.24) is 30.0 Å². The zero-order valence-electron chi connectivity index (χ0n) is 18.3. The van der Waals surface area contributed by atoms with Gasteiger partial charge >= 0.3 is 0 Å². The Labute approximate surface area is 206 Å². The van der Waals surface area contributed by atoms with Crippen LogP contribution in [0.25, 0.3) is 11.0 Å². The molecule has 0 saturated heterocycles. The van der Waals surface area contributed by atoms with Crippen molar-refractivity contribution in [2.24, 2.45) is 4.99 Å². The zero-order valence-corrected chi connectivity index (χ0v) is 20.6. The number of para-hydroxylation sites is 2. The van der Waals surface area contributed by atoms with Crippen molar-refractivity contribution >= 4 is 41.0 Å². The SMILES string of the molecule is CCNC(=NCc1ccccc1Cn1cccn1)NCCCn1cnc2ccccc21.I. The second kappa shape index (κ2) is 12.2. The molecule has 32 heavy (non-hydrogen) atoms. The van der Waals surface area contributed by atoms with Crippen LogP contribution in [-0.2, 0) is 19.6 Å². The Morgan fingerprint density at radius 1 is 1.00 bits per heavy atom. The number of imidazole rings is 1. The predicted octanol–water partition coefficient (Wildman–Crippen LogP) is 4.04. The highest BCUT2D eigenvalue weighted by atomic mass is 127. The van der Waals surface area contributed by atoms with Gasteiger partial charge in [0.2, 0.25) is 0 Å². The second-order valence-electron chi connectivity index (χ2n) is 7.37. The van der Waals surface area contributed by atoms with E-state index in [9.17, 15) is 0 Å². The van der Waals surface area contributed by atoms with Crippen LogP contribution in [0.2, 0.25) is 0 Å². The van der Waals surface area contributed by atoms with E-state index in [0.717, 1.165) is 44.1 Å². The van der Waals surface area contributed by atoms with Crippen LogP contribution >= 0.6 is 24.0 Å². The van der Waals surface area contributed by atoms with E-state index >= 15 is 0 Å². The van der Waals surface area contributed by atoms with Gasteiger partial charge in [-0.2, -0.15) is 5.10 Å². The van der Waals surface area contributed by atoms with Gasteiger partial charge in [0.1, 0.15) is 0 Å². The van der Waals surface area contributed by atoms with Gasteiger partial charge in [0.15, 0.2) is 5.96 Å². The third kappa shape index (κ3) is 6.32. The average molecular weight is 543 g/mol. The Kier molecular flexibility index (Phi) is 9.09. The van der Waals surface area contributed by atoms with Gasteiger partial charge in [0.25, 0.3) is 0 Å². The first-order valence-electron chi connectivity index (χ1n) is 10.8. The van der Waals surface area contributed by atoms with E-state index in [-0.39, 0.29) is 24.0 Å². The van der Waals surface area contributed by atoms with Gasteiger partial charge in [0.05, 0.1) is 30.5 Å². The summed E-state index contributed by atoms with van der Waals surface area (Å²) in [6.07, 6.45) is 6.69. The van der Waals surface area contributed by atoms with Gasteiger partial charge in [-0.15, -0.1) is 24.0 Å². The van der Waals surface area contributed by atoms with Crippen LogP contribution in [0.5, 0.6) is 0 Å². The molecular weight excluding hydrogens is 513 g/mol. The number of aliphatic imine (C=N–C) groups is 1. The number of hydrogen-bond donors (Lipinski definition) is 2. The molecule has 0 unspecified atom stereocenters. The minimum atomic E-state index is 0. The number of hydrogen-bond acceptors (Lipinski definition) is 3. The lowest BCUT2D eigenvalue weighted by Crippen LogP contribution is -2.38. The van der Waals surface area contributed by atoms with Crippen LogP contribution in [0.3, 0.4) is 0 Å². The van der Waals surface area contributed by atoms with Crippen LogP contribution < -0.4 is 10.6 Å². The number of halogens is 1. The van der Waals surface area contributed by atoms with E-state index in [2.05, 4.69) is 68.6 Å². The molecule has 0 bridgehead atoms. The molecule has 8 heteroatoms. The topological polar surface area (TPSA) is 72.1 Å². The van der Waals surface area contributed by atoms with Crippen molar-refractivity contribution in [3.63, 3.8) is 0 Å². The summed E-state index contributed by atoms with van der Waals surface area (Å²) in [7, 11) is 0. The van der Waals surface area contributed by atoms with Crippen molar-refractivity contribution in [1.29, 1.82) is 0 Å². The Balaban J connectivity index is 0.00000289. The molecule has 4 aromatic rings. The minimum Gasteiger partial charge on any atom is -0.357 e. The fourth-order valence-corrected chi connectivity index (χ4v) is 3.59. The van der Waals surface area contributed by atoms with Crippen LogP contribution in [0.15, 0.2) is 78.3 Å². The van der Waals surface area contributed by atoms with Gasteiger partial charge in [-0.1, -0.05) is 36.4 Å². The lowest BCUT2D eigenvalue weighted by Gasteiger charge is -2.13. The highest BCUT2D eigenvalue weighted by Crippen LogP contribution is 2.13. The first-order valence-corrected chi connectivity index (χ1v) is 10.8. The maximum Gasteiger partial charge on any atom is 0.191 e. The number of fused-ring (bicyclic) bond motifs is 1. The molecule has 0 fully saturated rings. The lowest BCUT2D eigenvalue weighted by atomic mass is 10.1. The quantitative estimate of drug-likeness (QED) is 0.145. The molecule has 2 aromatic heterocycles. The molecule has 0 saturated carbocycles. The molecule has 2 aromatic carbocycles. The molecule has 0 aliphatic heterocycles. The third-order valence-corrected chi connectivity index (χ3v) is 5.16. The van der Waals surface area contributed by atoms with Crippen LogP contribution in [0.1, 0.15) is 24.5 Å². The molecule has 2 N–H and O–H groups in total. The normalized spacial score (nSPS) is 11.3. The molecular formula is C24H30IN7. The Morgan fingerprint density at radius 2 is 1.81 bits per heavy atom. The van der Waals surface area contributed by atoms with E-state index in [1.807, 2.05) is 35.4 Å². The van der Waals surface area contributed by atoms with Gasteiger partial charge in [0, 0.05) is 32.0 Å². The van der Waals surface area contributed by atoms with Crippen molar-refractivity contribution in [2.45, 2.75) is 33.0 Å². The van der Waals surface area contributed by atoms with Crippen molar-refractivity contribution in [3.05, 3.63) is 84.4 Å². The number of rotatable bonds is 9. The van der Waals surface area contributed by atoms with E-state index in [1.165, 1.54) is 16.6 Å². The third-order valence-electron chi connectivity index (χ3n) is 5.16. The molecule has 0 radical (unpaired) electrons. The molecule has 0 amide bonds. The fraction of sp³-hybridized carbons (Fsp3) is 0.292. The molecule has 7 nitrogen and oxygen atoms in total. The maximum absolute atomic E-state index is 4.80. The molecule has 0 atom stereocenters. The number of guanidine groups is 1. The Morgan fingerprint density at radius 3 is 2.62 bits per heavy atom. The minimum absolute atomic E-state index is 0. The van der Waals surface area contributed by atoms with Gasteiger partial charge in [-0.25, -0.2) is 9.98 Å². The van der Waals surface area contributed by atoms with E-state index in [0.29, 0.717) is 6.54 Å². The summed E-state index contributed by atoms with van der Waals surface area (Å²) in [6, 6.07) is 18.6.